The van der Waals surface area contributed by atoms with Crippen LogP contribution in [0, 0.1) is 0 Å². The van der Waals surface area contributed by atoms with E-state index in [1.165, 1.54) is 6.33 Å². The number of hydrogen-bond acceptors (Lipinski definition) is 7. The molecule has 0 spiro atoms. The van der Waals surface area contributed by atoms with Crippen molar-refractivity contribution in [3.63, 3.8) is 0 Å². The Hall–Kier alpha value is -1.77. The summed E-state index contributed by atoms with van der Waals surface area (Å²) < 4.78 is 7.22. The lowest BCUT2D eigenvalue weighted by Crippen LogP contribution is -2.24. The van der Waals surface area contributed by atoms with Gasteiger partial charge in [-0.1, -0.05) is 0 Å². The highest BCUT2D eigenvalue weighted by Crippen LogP contribution is 2.30. The van der Waals surface area contributed by atoms with Crippen LogP contribution < -0.4 is 5.73 Å². The third kappa shape index (κ3) is 1.62. The van der Waals surface area contributed by atoms with Gasteiger partial charge >= 0.3 is 0 Å². The Morgan fingerprint density at radius 1 is 1.44 bits per heavy atom. The van der Waals surface area contributed by atoms with E-state index in [-0.39, 0.29) is 6.61 Å². The molecule has 0 bridgehead atoms. The highest BCUT2D eigenvalue weighted by molar-refractivity contribution is 5.81. The molecule has 2 aromatic rings. The fourth-order valence-corrected chi connectivity index (χ4v) is 2.13. The fourth-order valence-electron chi connectivity index (χ4n) is 2.13. The summed E-state index contributed by atoms with van der Waals surface area (Å²) in [6, 6.07) is 0. The van der Waals surface area contributed by atoms with E-state index in [1.54, 1.807) is 10.9 Å². The summed E-state index contributed by atoms with van der Waals surface area (Å²) in [5.74, 6) is 0.302. The molecule has 2 aromatic heterocycles. The quantitative estimate of drug-likeness (QED) is 0.592. The van der Waals surface area contributed by atoms with Crippen LogP contribution >= 0.6 is 0 Å². The van der Waals surface area contributed by atoms with Crippen molar-refractivity contribution in [1.82, 2.24) is 19.5 Å². The smallest absolute Gasteiger partial charge is 0.167 e. The predicted molar refractivity (Wildman–Crippen MR) is 61.4 cm³/mol. The third-order valence-corrected chi connectivity index (χ3v) is 3.08. The number of aromatic nitrogens is 4. The first-order valence-electron chi connectivity index (χ1n) is 5.58. The van der Waals surface area contributed by atoms with E-state index < -0.39 is 18.4 Å². The fraction of sp³-hybridized carbons (Fsp3) is 0.500. The van der Waals surface area contributed by atoms with Crippen LogP contribution in [0.2, 0.25) is 0 Å². The third-order valence-electron chi connectivity index (χ3n) is 3.08. The summed E-state index contributed by atoms with van der Waals surface area (Å²) in [4.78, 5) is 12.1. The van der Waals surface area contributed by atoms with Crippen LogP contribution in [0.4, 0.5) is 5.82 Å². The Morgan fingerprint density at radius 3 is 3.00 bits per heavy atom. The lowest BCUT2D eigenvalue weighted by atomic mass is 10.5. The number of nitrogens with zero attached hydrogens (tertiary/aromatic N) is 4. The molecule has 96 valence electrons. The summed E-state index contributed by atoms with van der Waals surface area (Å²) in [6.07, 6.45) is 1.60. The van der Waals surface area contributed by atoms with Gasteiger partial charge in [0.05, 0.1) is 19.0 Å². The molecule has 3 heterocycles. The normalized spacial score (nSPS) is 28.0. The van der Waals surface area contributed by atoms with Gasteiger partial charge in [0.2, 0.25) is 0 Å². The van der Waals surface area contributed by atoms with Gasteiger partial charge in [-0.2, -0.15) is 0 Å². The lowest BCUT2D eigenvalue weighted by Gasteiger charge is -2.13. The Morgan fingerprint density at radius 2 is 2.28 bits per heavy atom. The molecule has 1 aliphatic heterocycles. The first kappa shape index (κ1) is 11.3. The average Bonchev–Trinajstić information content (AvgIpc) is 2.93. The van der Waals surface area contributed by atoms with Crippen molar-refractivity contribution in [3.8, 4) is 0 Å². The summed E-state index contributed by atoms with van der Waals surface area (Å²) in [5, 5.41) is 18.8. The molecule has 8 heteroatoms. The van der Waals surface area contributed by atoms with Crippen LogP contribution in [0.5, 0.6) is 0 Å². The number of aliphatic hydroxyl groups excluding tert-OH is 2. The van der Waals surface area contributed by atoms with Crippen LogP contribution in [-0.4, -0.2) is 48.5 Å². The zero-order valence-electron chi connectivity index (χ0n) is 9.47. The van der Waals surface area contributed by atoms with Crippen molar-refractivity contribution < 1.29 is 14.9 Å². The molecule has 3 atom stereocenters. The van der Waals surface area contributed by atoms with Crippen LogP contribution in [0.25, 0.3) is 11.2 Å². The van der Waals surface area contributed by atoms with E-state index in [4.69, 9.17) is 15.6 Å². The zero-order valence-corrected chi connectivity index (χ0v) is 9.47. The molecule has 0 aromatic carbocycles. The topological polar surface area (TPSA) is 119 Å². The second kappa shape index (κ2) is 4.16. The molecule has 4 N–H and O–H groups in total. The molecule has 18 heavy (non-hydrogen) atoms. The lowest BCUT2D eigenvalue weighted by molar-refractivity contribution is -0.0432. The Bertz CT molecular complexity index is 572. The molecule has 1 fully saturated rings. The van der Waals surface area contributed by atoms with Gasteiger partial charge in [0.1, 0.15) is 24.2 Å². The van der Waals surface area contributed by atoms with Crippen LogP contribution in [0.1, 0.15) is 12.6 Å². The number of fused-ring (bicyclic) bond motifs is 1. The van der Waals surface area contributed by atoms with E-state index in [0.717, 1.165) is 0 Å². The minimum atomic E-state index is -0.698. The highest BCUT2D eigenvalue weighted by atomic mass is 16.7. The summed E-state index contributed by atoms with van der Waals surface area (Å²) in [7, 11) is 0. The number of rotatable bonds is 2. The van der Waals surface area contributed by atoms with Crippen LogP contribution in [0.3, 0.4) is 0 Å². The Balaban J connectivity index is 1.99. The summed E-state index contributed by atoms with van der Waals surface area (Å²) in [6.45, 7) is -0.221. The summed E-state index contributed by atoms with van der Waals surface area (Å²) >= 11 is 0. The molecule has 0 aliphatic carbocycles. The number of nitrogen functional groups attached to an aromatic ring is 1. The molecule has 1 aliphatic rings. The molecule has 0 unspecified atom stereocenters. The minimum absolute atomic E-state index is 0.221. The molecule has 0 amide bonds. The predicted octanol–water partition coefficient (Wildman–Crippen LogP) is -0.951. The molecular formula is C10H13N5O3. The van der Waals surface area contributed by atoms with Gasteiger partial charge < -0.3 is 20.7 Å². The first-order chi connectivity index (χ1) is 8.70. The maximum absolute atomic E-state index is 9.71. The van der Waals surface area contributed by atoms with E-state index in [2.05, 4.69) is 15.0 Å². The first-order valence-corrected chi connectivity index (χ1v) is 5.58. The van der Waals surface area contributed by atoms with E-state index in [9.17, 15) is 5.11 Å². The van der Waals surface area contributed by atoms with Gasteiger partial charge in [-0.25, -0.2) is 15.0 Å². The van der Waals surface area contributed by atoms with E-state index in [1.807, 2.05) is 0 Å². The van der Waals surface area contributed by atoms with Gasteiger partial charge in [-0.05, 0) is 0 Å². The maximum Gasteiger partial charge on any atom is 0.167 e. The molecule has 0 saturated carbocycles. The van der Waals surface area contributed by atoms with Gasteiger partial charge in [-0.3, -0.25) is 4.57 Å². The molecule has 0 radical (unpaired) electrons. The molecule has 3 rings (SSSR count). The molecular weight excluding hydrogens is 243 g/mol. The van der Waals surface area contributed by atoms with Crippen molar-refractivity contribution in [3.05, 3.63) is 12.7 Å². The molecule has 8 nitrogen and oxygen atoms in total. The van der Waals surface area contributed by atoms with Crippen molar-refractivity contribution in [2.45, 2.75) is 24.9 Å². The van der Waals surface area contributed by atoms with E-state index >= 15 is 0 Å². The average molecular weight is 256 g/mol. The van der Waals surface area contributed by atoms with Gasteiger partial charge in [0.15, 0.2) is 11.5 Å². The number of ether oxygens (including phenoxy) is 1. The Kier molecular flexibility index (Phi) is 2.62. The minimum Gasteiger partial charge on any atom is -0.394 e. The number of imidazole rings is 1. The second-order valence-electron chi connectivity index (χ2n) is 4.20. The SMILES string of the molecule is Nc1ncnc2c1ncn2[13C@H]1[13CH2][13C@H](O)[13C@@H]([13CH2]O)O1. The molecule has 1 saturated heterocycles. The number of hydrogen-bond donors (Lipinski definition) is 3. The maximum atomic E-state index is 9.71. The van der Waals surface area contributed by atoms with Gasteiger partial charge in [0.25, 0.3) is 0 Å². The van der Waals surface area contributed by atoms with E-state index in [0.29, 0.717) is 23.4 Å². The van der Waals surface area contributed by atoms with Gasteiger partial charge in [0, 0.05) is 6.42 Å². The highest BCUT2D eigenvalue weighted by Gasteiger charge is 2.35. The Labute approximate surface area is 102 Å². The second-order valence-corrected chi connectivity index (χ2v) is 4.20. The standard InChI is InChI=1S/C10H13N5O3/c11-9-8-10(13-3-12-9)15(4-14-8)7-1-5(17)6(2-16)18-7/h3-7,16-17H,1-2H2,(H2,11,12,13)/t5-,6+,7+/m0/s1/i1+1,2+1,5+1,6+1,7+1. The van der Waals surface area contributed by atoms with Gasteiger partial charge in [-0.15, -0.1) is 0 Å². The number of aliphatic hydroxyl groups is 2. The van der Waals surface area contributed by atoms with Crippen molar-refractivity contribution in [2.75, 3.05) is 12.3 Å². The van der Waals surface area contributed by atoms with Crippen molar-refractivity contribution in [2.24, 2.45) is 0 Å². The number of anilines is 1. The van der Waals surface area contributed by atoms with Crippen LogP contribution in [-0.2, 0) is 4.74 Å². The zero-order chi connectivity index (χ0) is 12.7. The van der Waals surface area contributed by atoms with Crippen LogP contribution in [0.15, 0.2) is 12.7 Å². The van der Waals surface area contributed by atoms with Crippen molar-refractivity contribution in [1.29, 1.82) is 0 Å². The number of nitrogens with two attached hydrogens (primary N) is 1. The largest absolute Gasteiger partial charge is 0.394 e. The monoisotopic (exact) mass is 256 g/mol. The summed E-state index contributed by atoms with van der Waals surface area (Å²) in [5.41, 5.74) is 6.75. The van der Waals surface area contributed by atoms with Crippen molar-refractivity contribution >= 4 is 17.0 Å².